The van der Waals surface area contributed by atoms with Crippen molar-refractivity contribution in [3.63, 3.8) is 0 Å². The van der Waals surface area contributed by atoms with Crippen molar-refractivity contribution in [3.8, 4) is 5.75 Å². The SMILES string of the molecule is COCCNCCOc1ccc2cc(C)ccc2c1. The lowest BCUT2D eigenvalue weighted by Crippen LogP contribution is -2.24. The Hall–Kier alpha value is -1.58. The van der Waals surface area contributed by atoms with Crippen LogP contribution >= 0.6 is 0 Å². The molecule has 0 amide bonds. The van der Waals surface area contributed by atoms with Gasteiger partial charge in [-0.15, -0.1) is 0 Å². The Morgan fingerprint density at radius 2 is 1.68 bits per heavy atom. The first-order valence-electron chi connectivity index (χ1n) is 6.62. The van der Waals surface area contributed by atoms with E-state index in [1.165, 1.54) is 16.3 Å². The second-order valence-electron chi connectivity index (χ2n) is 4.60. The Kier molecular flexibility index (Phi) is 5.19. The fraction of sp³-hybridized carbons (Fsp3) is 0.375. The van der Waals surface area contributed by atoms with E-state index in [-0.39, 0.29) is 0 Å². The van der Waals surface area contributed by atoms with Crippen molar-refractivity contribution in [1.82, 2.24) is 5.32 Å². The maximum absolute atomic E-state index is 5.72. The Labute approximate surface area is 114 Å². The highest BCUT2D eigenvalue weighted by Gasteiger charge is 1.98. The van der Waals surface area contributed by atoms with E-state index in [1.54, 1.807) is 7.11 Å². The number of ether oxygens (including phenoxy) is 2. The molecule has 0 heterocycles. The van der Waals surface area contributed by atoms with Crippen LogP contribution in [0.5, 0.6) is 5.75 Å². The molecule has 19 heavy (non-hydrogen) atoms. The van der Waals surface area contributed by atoms with Crippen LogP contribution in [0.15, 0.2) is 36.4 Å². The maximum atomic E-state index is 5.72. The van der Waals surface area contributed by atoms with Crippen molar-refractivity contribution in [3.05, 3.63) is 42.0 Å². The molecule has 0 saturated carbocycles. The Morgan fingerprint density at radius 1 is 0.947 bits per heavy atom. The largest absolute Gasteiger partial charge is 0.492 e. The van der Waals surface area contributed by atoms with Gasteiger partial charge in [0, 0.05) is 20.2 Å². The lowest BCUT2D eigenvalue weighted by Gasteiger charge is -2.08. The Balaban J connectivity index is 1.86. The number of rotatable bonds is 7. The molecule has 0 aliphatic heterocycles. The molecule has 2 aromatic rings. The fourth-order valence-corrected chi connectivity index (χ4v) is 1.97. The fourth-order valence-electron chi connectivity index (χ4n) is 1.97. The van der Waals surface area contributed by atoms with Crippen LogP contribution in [0.4, 0.5) is 0 Å². The zero-order valence-electron chi connectivity index (χ0n) is 11.6. The van der Waals surface area contributed by atoms with Crippen LogP contribution in [-0.4, -0.2) is 33.4 Å². The monoisotopic (exact) mass is 259 g/mol. The standard InChI is InChI=1S/C16H21NO2/c1-13-3-4-15-12-16(6-5-14(15)11-13)19-10-8-17-7-9-18-2/h3-6,11-12,17H,7-10H2,1-2H3. The average Bonchev–Trinajstić information content (AvgIpc) is 2.43. The number of methoxy groups -OCH3 is 1. The Morgan fingerprint density at radius 3 is 2.53 bits per heavy atom. The molecule has 3 heteroatoms. The third-order valence-corrected chi connectivity index (χ3v) is 3.00. The van der Waals surface area contributed by atoms with Gasteiger partial charge in [-0.3, -0.25) is 0 Å². The van der Waals surface area contributed by atoms with Gasteiger partial charge in [0.15, 0.2) is 0 Å². The van der Waals surface area contributed by atoms with Crippen LogP contribution in [0.25, 0.3) is 10.8 Å². The van der Waals surface area contributed by atoms with E-state index in [1.807, 2.05) is 6.07 Å². The molecule has 0 radical (unpaired) electrons. The first-order valence-corrected chi connectivity index (χ1v) is 6.62. The molecule has 102 valence electrons. The Bertz CT molecular complexity index is 525. The number of benzene rings is 2. The average molecular weight is 259 g/mol. The number of aryl methyl sites for hydroxylation is 1. The van der Waals surface area contributed by atoms with E-state index in [9.17, 15) is 0 Å². The summed E-state index contributed by atoms with van der Waals surface area (Å²) in [5, 5.41) is 5.72. The zero-order valence-corrected chi connectivity index (χ0v) is 11.6. The van der Waals surface area contributed by atoms with E-state index in [4.69, 9.17) is 9.47 Å². The first kappa shape index (κ1) is 13.8. The molecule has 0 bridgehead atoms. The predicted octanol–water partition coefficient (Wildman–Crippen LogP) is 2.76. The third-order valence-electron chi connectivity index (χ3n) is 3.00. The molecular formula is C16H21NO2. The van der Waals surface area contributed by atoms with Gasteiger partial charge in [0.1, 0.15) is 12.4 Å². The van der Waals surface area contributed by atoms with Gasteiger partial charge in [0.25, 0.3) is 0 Å². The van der Waals surface area contributed by atoms with Crippen LogP contribution in [0.1, 0.15) is 5.56 Å². The minimum absolute atomic E-state index is 0.668. The van der Waals surface area contributed by atoms with Crippen molar-refractivity contribution in [2.75, 3.05) is 33.4 Å². The molecule has 3 nitrogen and oxygen atoms in total. The highest BCUT2D eigenvalue weighted by molar-refractivity contribution is 5.84. The molecule has 0 aliphatic rings. The lowest BCUT2D eigenvalue weighted by atomic mass is 10.1. The minimum atomic E-state index is 0.668. The number of hydrogen-bond donors (Lipinski definition) is 1. The van der Waals surface area contributed by atoms with Gasteiger partial charge in [-0.05, 0) is 29.8 Å². The van der Waals surface area contributed by atoms with Crippen LogP contribution < -0.4 is 10.1 Å². The summed E-state index contributed by atoms with van der Waals surface area (Å²) in [5.41, 5.74) is 1.28. The molecule has 0 spiro atoms. The summed E-state index contributed by atoms with van der Waals surface area (Å²) in [6.45, 7) is 5.19. The van der Waals surface area contributed by atoms with E-state index in [0.29, 0.717) is 6.61 Å². The maximum Gasteiger partial charge on any atom is 0.120 e. The molecular weight excluding hydrogens is 238 g/mol. The summed E-state index contributed by atoms with van der Waals surface area (Å²) in [6.07, 6.45) is 0. The first-order chi connectivity index (χ1) is 9.29. The van der Waals surface area contributed by atoms with Crippen molar-refractivity contribution < 1.29 is 9.47 Å². The highest BCUT2D eigenvalue weighted by atomic mass is 16.5. The van der Waals surface area contributed by atoms with Crippen LogP contribution in [0.3, 0.4) is 0 Å². The van der Waals surface area contributed by atoms with Crippen molar-refractivity contribution in [2.45, 2.75) is 6.92 Å². The van der Waals surface area contributed by atoms with Crippen LogP contribution in [0, 0.1) is 6.92 Å². The van der Waals surface area contributed by atoms with Crippen LogP contribution in [-0.2, 0) is 4.74 Å². The van der Waals surface area contributed by atoms with Crippen LogP contribution in [0.2, 0.25) is 0 Å². The van der Waals surface area contributed by atoms with Gasteiger partial charge >= 0.3 is 0 Å². The van der Waals surface area contributed by atoms with Gasteiger partial charge in [-0.2, -0.15) is 0 Å². The quantitative estimate of drug-likeness (QED) is 0.776. The van der Waals surface area contributed by atoms with E-state index in [0.717, 1.165) is 25.4 Å². The van der Waals surface area contributed by atoms with E-state index < -0.39 is 0 Å². The van der Waals surface area contributed by atoms with Crippen molar-refractivity contribution >= 4 is 10.8 Å². The second-order valence-corrected chi connectivity index (χ2v) is 4.60. The summed E-state index contributed by atoms with van der Waals surface area (Å²) in [6, 6.07) is 12.7. The van der Waals surface area contributed by atoms with Crippen molar-refractivity contribution in [2.24, 2.45) is 0 Å². The molecule has 0 saturated heterocycles. The summed E-state index contributed by atoms with van der Waals surface area (Å²) < 4.78 is 10.7. The zero-order chi connectivity index (χ0) is 13.5. The van der Waals surface area contributed by atoms with Gasteiger partial charge < -0.3 is 14.8 Å². The minimum Gasteiger partial charge on any atom is -0.492 e. The van der Waals surface area contributed by atoms with Gasteiger partial charge in [0.2, 0.25) is 0 Å². The summed E-state index contributed by atoms with van der Waals surface area (Å²) in [4.78, 5) is 0. The summed E-state index contributed by atoms with van der Waals surface area (Å²) >= 11 is 0. The lowest BCUT2D eigenvalue weighted by molar-refractivity contribution is 0.197. The molecule has 2 rings (SSSR count). The second kappa shape index (κ2) is 7.12. The number of fused-ring (bicyclic) bond motifs is 1. The van der Waals surface area contributed by atoms with Crippen molar-refractivity contribution in [1.29, 1.82) is 0 Å². The molecule has 1 N–H and O–H groups in total. The highest BCUT2D eigenvalue weighted by Crippen LogP contribution is 2.21. The van der Waals surface area contributed by atoms with E-state index >= 15 is 0 Å². The summed E-state index contributed by atoms with van der Waals surface area (Å²) in [5.74, 6) is 0.921. The molecule has 0 atom stereocenters. The normalized spacial score (nSPS) is 10.8. The molecule has 0 fully saturated rings. The molecule has 2 aromatic carbocycles. The number of hydrogen-bond acceptors (Lipinski definition) is 3. The predicted molar refractivity (Wildman–Crippen MR) is 78.9 cm³/mol. The smallest absolute Gasteiger partial charge is 0.120 e. The molecule has 0 unspecified atom stereocenters. The topological polar surface area (TPSA) is 30.5 Å². The van der Waals surface area contributed by atoms with E-state index in [2.05, 4.69) is 42.6 Å². The van der Waals surface area contributed by atoms with Gasteiger partial charge in [-0.25, -0.2) is 0 Å². The third kappa shape index (κ3) is 4.23. The van der Waals surface area contributed by atoms with Gasteiger partial charge in [0.05, 0.1) is 6.61 Å². The number of nitrogens with one attached hydrogen (secondary N) is 1. The summed E-state index contributed by atoms with van der Waals surface area (Å²) in [7, 11) is 1.70. The van der Waals surface area contributed by atoms with Gasteiger partial charge in [-0.1, -0.05) is 29.8 Å². The molecule has 0 aliphatic carbocycles. The molecule has 0 aromatic heterocycles.